The van der Waals surface area contributed by atoms with E-state index in [0.29, 0.717) is 35.1 Å². The van der Waals surface area contributed by atoms with Gasteiger partial charge in [-0.15, -0.1) is 0 Å². The van der Waals surface area contributed by atoms with E-state index in [0.717, 1.165) is 11.1 Å². The molecule has 1 aliphatic heterocycles. The topological polar surface area (TPSA) is 129 Å². The highest BCUT2D eigenvalue weighted by Gasteiger charge is 2.62. The number of pyridine rings is 1. The summed E-state index contributed by atoms with van der Waals surface area (Å²) in [4.78, 5) is 12.6. The Morgan fingerprint density at radius 1 is 1.27 bits per heavy atom. The highest BCUT2D eigenvalue weighted by molar-refractivity contribution is 5.81. The zero-order valence-electron chi connectivity index (χ0n) is 17.7. The van der Waals surface area contributed by atoms with Crippen LogP contribution in [0.3, 0.4) is 0 Å². The molecule has 1 saturated carbocycles. The molecule has 1 saturated heterocycles. The van der Waals surface area contributed by atoms with Crippen molar-refractivity contribution in [2.45, 2.75) is 49.9 Å². The second-order valence-corrected chi connectivity index (χ2v) is 8.71. The molecule has 170 valence electrons. The van der Waals surface area contributed by atoms with Crippen LogP contribution in [0.4, 0.5) is 10.2 Å². The Hall–Kier alpha value is -3.34. The van der Waals surface area contributed by atoms with Gasteiger partial charge in [-0.2, -0.15) is 0 Å². The number of aryl methyl sites for hydroxylation is 1. The standard InChI is InChI=1S/C23H22FN5O4/c1-11-14-5-7-29(21(14)27-10-26-11)22-18(30)23(31)6-4-17(19(23)33-22)32-13-3-2-12-8-15(24)20(25)28-16(12)9-13/h2-3,5,7-10,17-19,22,30-31H,4,6H2,1H3,(H2,25,28)/t17-,18?,19+,22+,23-/m0/s1. The first-order valence-corrected chi connectivity index (χ1v) is 10.7. The zero-order valence-corrected chi connectivity index (χ0v) is 17.7. The van der Waals surface area contributed by atoms with Gasteiger partial charge >= 0.3 is 0 Å². The number of aliphatic hydroxyl groups excluding tert-OH is 1. The average Bonchev–Trinajstić information content (AvgIpc) is 3.42. The summed E-state index contributed by atoms with van der Waals surface area (Å²) >= 11 is 0. The van der Waals surface area contributed by atoms with Gasteiger partial charge in [-0.25, -0.2) is 19.3 Å². The van der Waals surface area contributed by atoms with E-state index in [1.165, 1.54) is 12.4 Å². The number of nitrogens with zero attached hydrogens (tertiary/aromatic N) is 4. The van der Waals surface area contributed by atoms with E-state index in [4.69, 9.17) is 15.2 Å². The van der Waals surface area contributed by atoms with Crippen LogP contribution in [0, 0.1) is 12.7 Å². The number of rotatable bonds is 3. The van der Waals surface area contributed by atoms with Gasteiger partial charge in [0, 0.05) is 23.0 Å². The molecule has 0 radical (unpaired) electrons. The Bertz CT molecular complexity index is 1390. The Labute approximate surface area is 187 Å². The molecule has 2 aliphatic rings. The first-order chi connectivity index (χ1) is 15.8. The lowest BCUT2D eigenvalue weighted by Gasteiger charge is -2.26. The predicted molar refractivity (Wildman–Crippen MR) is 117 cm³/mol. The van der Waals surface area contributed by atoms with Gasteiger partial charge in [-0.05, 0) is 44.0 Å². The molecular weight excluding hydrogens is 429 g/mol. The van der Waals surface area contributed by atoms with Crippen molar-refractivity contribution in [2.75, 3.05) is 5.73 Å². The van der Waals surface area contributed by atoms with E-state index in [9.17, 15) is 14.6 Å². The molecule has 5 atom stereocenters. The number of fused-ring (bicyclic) bond motifs is 3. The number of halogens is 1. The maximum absolute atomic E-state index is 13.7. The highest BCUT2D eigenvalue weighted by Crippen LogP contribution is 2.48. The number of hydrogen-bond acceptors (Lipinski definition) is 8. The molecule has 4 N–H and O–H groups in total. The van der Waals surface area contributed by atoms with E-state index in [1.807, 2.05) is 13.0 Å². The van der Waals surface area contributed by atoms with Crippen LogP contribution >= 0.6 is 0 Å². The highest BCUT2D eigenvalue weighted by atomic mass is 19.1. The molecule has 9 nitrogen and oxygen atoms in total. The molecule has 3 aromatic heterocycles. The summed E-state index contributed by atoms with van der Waals surface area (Å²) < 4.78 is 27.7. The van der Waals surface area contributed by atoms with Gasteiger partial charge in [0.1, 0.15) is 41.6 Å². The molecule has 33 heavy (non-hydrogen) atoms. The molecule has 2 fully saturated rings. The molecule has 0 bridgehead atoms. The third-order valence-corrected chi connectivity index (χ3v) is 6.77. The lowest BCUT2D eigenvalue weighted by atomic mass is 9.94. The summed E-state index contributed by atoms with van der Waals surface area (Å²) in [5, 5.41) is 23.8. The monoisotopic (exact) mass is 451 g/mol. The number of aliphatic hydroxyl groups is 2. The lowest BCUT2D eigenvalue weighted by Crippen LogP contribution is -2.47. The number of hydrogen-bond donors (Lipinski definition) is 3. The van der Waals surface area contributed by atoms with Crippen molar-refractivity contribution in [3.63, 3.8) is 0 Å². The largest absolute Gasteiger partial charge is 0.488 e. The molecule has 4 heterocycles. The summed E-state index contributed by atoms with van der Waals surface area (Å²) in [5.41, 5.74) is 6.07. The van der Waals surface area contributed by atoms with Crippen LogP contribution in [-0.4, -0.2) is 53.6 Å². The minimum Gasteiger partial charge on any atom is -0.488 e. The normalized spacial score (nSPS) is 29.1. The van der Waals surface area contributed by atoms with Gasteiger partial charge in [0.25, 0.3) is 0 Å². The van der Waals surface area contributed by atoms with Crippen molar-refractivity contribution in [2.24, 2.45) is 0 Å². The molecule has 0 spiro atoms. The average molecular weight is 451 g/mol. The van der Waals surface area contributed by atoms with Gasteiger partial charge in [0.15, 0.2) is 17.9 Å². The van der Waals surface area contributed by atoms with Gasteiger partial charge in [0.05, 0.1) is 11.2 Å². The molecule has 1 aromatic carbocycles. The minimum atomic E-state index is -1.46. The number of aromatic nitrogens is 4. The lowest BCUT2D eigenvalue weighted by molar-refractivity contribution is -0.0791. The Kier molecular flexibility index (Phi) is 4.35. The molecule has 4 aromatic rings. The summed E-state index contributed by atoms with van der Waals surface area (Å²) in [6.07, 6.45) is 0.820. The fourth-order valence-corrected chi connectivity index (χ4v) is 5.01. The number of ether oxygens (including phenoxy) is 2. The molecule has 0 amide bonds. The van der Waals surface area contributed by atoms with Crippen molar-refractivity contribution in [3.8, 4) is 5.75 Å². The molecule has 10 heteroatoms. The molecule has 6 rings (SSSR count). The summed E-state index contributed by atoms with van der Waals surface area (Å²) in [7, 11) is 0. The second-order valence-electron chi connectivity index (χ2n) is 8.71. The summed E-state index contributed by atoms with van der Waals surface area (Å²) in [6.45, 7) is 1.88. The van der Waals surface area contributed by atoms with Crippen LogP contribution in [0.5, 0.6) is 5.75 Å². The number of anilines is 1. The third-order valence-electron chi connectivity index (χ3n) is 6.77. The van der Waals surface area contributed by atoms with E-state index in [1.54, 1.807) is 29.0 Å². The van der Waals surface area contributed by atoms with Crippen molar-refractivity contribution in [3.05, 3.63) is 54.4 Å². The van der Waals surface area contributed by atoms with E-state index in [-0.39, 0.29) is 5.82 Å². The predicted octanol–water partition coefficient (Wildman–Crippen LogP) is 2.24. The first-order valence-electron chi connectivity index (χ1n) is 10.7. The third kappa shape index (κ3) is 2.98. The van der Waals surface area contributed by atoms with E-state index >= 15 is 0 Å². The van der Waals surface area contributed by atoms with Crippen LogP contribution in [0.2, 0.25) is 0 Å². The van der Waals surface area contributed by atoms with Crippen molar-refractivity contribution < 1.29 is 24.1 Å². The number of benzene rings is 1. The smallest absolute Gasteiger partial charge is 0.165 e. The van der Waals surface area contributed by atoms with Crippen LogP contribution in [0.1, 0.15) is 24.8 Å². The van der Waals surface area contributed by atoms with Crippen LogP contribution in [0.25, 0.3) is 21.9 Å². The van der Waals surface area contributed by atoms with Gasteiger partial charge in [0.2, 0.25) is 0 Å². The Balaban J connectivity index is 1.29. The molecular formula is C23H22FN5O4. The van der Waals surface area contributed by atoms with Crippen molar-refractivity contribution in [1.29, 1.82) is 0 Å². The molecule has 1 aliphatic carbocycles. The SMILES string of the molecule is Cc1ncnc2c1ccn2[C@@H]1O[C@@H]2[C@@H](Oc3ccc4cc(F)c(N)nc4c3)CC[C@]2(O)C1O. The van der Waals surface area contributed by atoms with Gasteiger partial charge < -0.3 is 30.0 Å². The fraction of sp³-hybridized carbons (Fsp3) is 0.348. The maximum Gasteiger partial charge on any atom is 0.165 e. The van der Waals surface area contributed by atoms with Crippen LogP contribution < -0.4 is 10.5 Å². The summed E-state index contributed by atoms with van der Waals surface area (Å²) in [6, 6.07) is 8.26. The minimum absolute atomic E-state index is 0.182. The first kappa shape index (κ1) is 20.3. The van der Waals surface area contributed by atoms with Crippen molar-refractivity contribution >= 4 is 27.8 Å². The number of nitrogens with two attached hydrogens (primary N) is 1. The fourth-order valence-electron chi connectivity index (χ4n) is 5.01. The molecule has 1 unspecified atom stereocenters. The van der Waals surface area contributed by atoms with E-state index in [2.05, 4.69) is 15.0 Å². The van der Waals surface area contributed by atoms with Crippen LogP contribution in [0.15, 0.2) is 42.9 Å². The summed E-state index contributed by atoms with van der Waals surface area (Å²) in [5.74, 6) is -0.265. The van der Waals surface area contributed by atoms with E-state index < -0.39 is 36.0 Å². The Morgan fingerprint density at radius 2 is 2.12 bits per heavy atom. The van der Waals surface area contributed by atoms with Gasteiger partial charge in [-0.1, -0.05) is 0 Å². The van der Waals surface area contributed by atoms with Crippen LogP contribution in [-0.2, 0) is 4.74 Å². The maximum atomic E-state index is 13.7. The quantitative estimate of drug-likeness (QED) is 0.433. The Morgan fingerprint density at radius 3 is 2.97 bits per heavy atom. The second kappa shape index (κ2) is 7.08. The number of nitrogen functional groups attached to an aromatic ring is 1. The van der Waals surface area contributed by atoms with Crippen molar-refractivity contribution in [1.82, 2.24) is 19.5 Å². The zero-order chi connectivity index (χ0) is 22.9. The van der Waals surface area contributed by atoms with Gasteiger partial charge in [-0.3, -0.25) is 0 Å².